The van der Waals surface area contributed by atoms with E-state index in [0.29, 0.717) is 11.3 Å². The summed E-state index contributed by atoms with van der Waals surface area (Å²) in [5.74, 6) is 0.379. The lowest BCUT2D eigenvalue weighted by Crippen LogP contribution is -2.21. The molecule has 0 aliphatic heterocycles. The number of hydrogen-bond donors (Lipinski definition) is 2. The van der Waals surface area contributed by atoms with Gasteiger partial charge in [-0.05, 0) is 37.0 Å². The van der Waals surface area contributed by atoms with Crippen molar-refractivity contribution in [3.05, 3.63) is 23.8 Å². The first-order chi connectivity index (χ1) is 8.20. The normalized spacial score (nSPS) is 15.1. The Labute approximate surface area is 101 Å². The molecule has 92 valence electrons. The molecule has 1 aliphatic carbocycles. The van der Waals surface area contributed by atoms with Crippen LogP contribution in [-0.4, -0.2) is 19.6 Å². The molecule has 0 amide bonds. The standard InChI is InChI=1S/C13H18N2O2/c1-17-13(16)11-7-10(5-6-12(11)14)15-8-9-3-2-4-9/h5-7,9,15H,2-4,8,14H2,1H3. The van der Waals surface area contributed by atoms with E-state index in [1.807, 2.05) is 6.07 Å². The van der Waals surface area contributed by atoms with Gasteiger partial charge in [-0.3, -0.25) is 0 Å². The summed E-state index contributed by atoms with van der Waals surface area (Å²) in [4.78, 5) is 11.5. The van der Waals surface area contributed by atoms with E-state index in [1.165, 1.54) is 26.4 Å². The fourth-order valence-electron chi connectivity index (χ4n) is 1.91. The number of anilines is 2. The second-order valence-corrected chi connectivity index (χ2v) is 4.47. The molecule has 1 aliphatic rings. The average Bonchev–Trinajstić information content (AvgIpc) is 2.28. The predicted octanol–water partition coefficient (Wildman–Crippen LogP) is 2.27. The number of nitrogens with two attached hydrogens (primary N) is 1. The molecule has 0 aromatic heterocycles. The lowest BCUT2D eigenvalue weighted by Gasteiger charge is -2.26. The Balaban J connectivity index is 2.04. The lowest BCUT2D eigenvalue weighted by molar-refractivity contribution is 0.0602. The summed E-state index contributed by atoms with van der Waals surface area (Å²) < 4.78 is 4.68. The minimum absolute atomic E-state index is 0.394. The van der Waals surface area contributed by atoms with Gasteiger partial charge in [0.15, 0.2) is 0 Å². The molecule has 3 N–H and O–H groups in total. The molecule has 1 fully saturated rings. The first-order valence-electron chi connectivity index (χ1n) is 5.92. The second kappa shape index (κ2) is 5.08. The van der Waals surface area contributed by atoms with E-state index in [-0.39, 0.29) is 0 Å². The van der Waals surface area contributed by atoms with Crippen LogP contribution in [0.5, 0.6) is 0 Å². The van der Waals surface area contributed by atoms with E-state index in [4.69, 9.17) is 5.73 Å². The Morgan fingerprint density at radius 1 is 1.53 bits per heavy atom. The van der Waals surface area contributed by atoms with Crippen molar-refractivity contribution in [3.63, 3.8) is 0 Å². The molecule has 0 unspecified atom stereocenters. The summed E-state index contributed by atoms with van der Waals surface area (Å²) >= 11 is 0. The third kappa shape index (κ3) is 2.70. The number of nitrogen functional groups attached to an aromatic ring is 1. The number of methoxy groups -OCH3 is 1. The molecule has 0 heterocycles. The summed E-state index contributed by atoms with van der Waals surface area (Å²) in [6.07, 6.45) is 3.93. The summed E-state index contributed by atoms with van der Waals surface area (Å²) in [5, 5.41) is 3.33. The van der Waals surface area contributed by atoms with Gasteiger partial charge in [-0.25, -0.2) is 4.79 Å². The van der Waals surface area contributed by atoms with Gasteiger partial charge >= 0.3 is 5.97 Å². The number of esters is 1. The van der Waals surface area contributed by atoms with Crippen molar-refractivity contribution < 1.29 is 9.53 Å². The summed E-state index contributed by atoms with van der Waals surface area (Å²) in [6, 6.07) is 5.37. The van der Waals surface area contributed by atoms with Crippen LogP contribution >= 0.6 is 0 Å². The summed E-state index contributed by atoms with van der Waals surface area (Å²) in [5.41, 5.74) is 7.53. The Morgan fingerprint density at radius 2 is 2.29 bits per heavy atom. The Bertz CT molecular complexity index is 414. The average molecular weight is 234 g/mol. The molecule has 1 aromatic carbocycles. The third-order valence-corrected chi connectivity index (χ3v) is 3.28. The van der Waals surface area contributed by atoms with Crippen LogP contribution in [0.1, 0.15) is 29.6 Å². The van der Waals surface area contributed by atoms with Gasteiger partial charge in [0.25, 0.3) is 0 Å². The van der Waals surface area contributed by atoms with Crippen LogP contribution < -0.4 is 11.1 Å². The summed E-state index contributed by atoms with van der Waals surface area (Å²) in [7, 11) is 1.36. The Hall–Kier alpha value is -1.71. The number of ether oxygens (including phenoxy) is 1. The highest BCUT2D eigenvalue weighted by atomic mass is 16.5. The number of rotatable bonds is 4. The molecule has 0 atom stereocenters. The van der Waals surface area contributed by atoms with E-state index < -0.39 is 5.97 Å². The first-order valence-corrected chi connectivity index (χ1v) is 5.92. The molecule has 4 nitrogen and oxygen atoms in total. The minimum Gasteiger partial charge on any atom is -0.465 e. The van der Waals surface area contributed by atoms with Gasteiger partial charge in [0.2, 0.25) is 0 Å². The van der Waals surface area contributed by atoms with Gasteiger partial charge in [-0.2, -0.15) is 0 Å². The van der Waals surface area contributed by atoms with Crippen molar-refractivity contribution in [1.29, 1.82) is 0 Å². The molecule has 1 aromatic rings. The van der Waals surface area contributed by atoms with Crippen molar-refractivity contribution >= 4 is 17.3 Å². The maximum atomic E-state index is 11.5. The number of nitrogens with one attached hydrogen (secondary N) is 1. The van der Waals surface area contributed by atoms with Gasteiger partial charge in [-0.1, -0.05) is 6.42 Å². The number of benzene rings is 1. The van der Waals surface area contributed by atoms with Gasteiger partial charge in [0.05, 0.1) is 12.7 Å². The zero-order valence-electron chi connectivity index (χ0n) is 10.0. The van der Waals surface area contributed by atoms with E-state index >= 15 is 0 Å². The van der Waals surface area contributed by atoms with E-state index in [9.17, 15) is 4.79 Å². The van der Waals surface area contributed by atoms with Gasteiger partial charge in [0, 0.05) is 17.9 Å². The molecule has 0 saturated heterocycles. The Kier molecular flexibility index (Phi) is 3.52. The van der Waals surface area contributed by atoms with Crippen LogP contribution in [0, 0.1) is 5.92 Å². The van der Waals surface area contributed by atoms with E-state index in [0.717, 1.165) is 18.2 Å². The largest absolute Gasteiger partial charge is 0.465 e. The monoisotopic (exact) mass is 234 g/mol. The highest BCUT2D eigenvalue weighted by molar-refractivity contribution is 5.96. The maximum absolute atomic E-state index is 11.5. The highest BCUT2D eigenvalue weighted by Crippen LogP contribution is 2.27. The SMILES string of the molecule is COC(=O)c1cc(NCC2CCC2)ccc1N. The van der Waals surface area contributed by atoms with Gasteiger partial charge in [0.1, 0.15) is 0 Å². The van der Waals surface area contributed by atoms with Crippen LogP contribution in [0.15, 0.2) is 18.2 Å². The Morgan fingerprint density at radius 3 is 2.88 bits per heavy atom. The number of carbonyl (C=O) groups excluding carboxylic acids is 1. The third-order valence-electron chi connectivity index (χ3n) is 3.28. The van der Waals surface area contributed by atoms with E-state index in [2.05, 4.69) is 10.1 Å². The van der Waals surface area contributed by atoms with Gasteiger partial charge in [-0.15, -0.1) is 0 Å². The predicted molar refractivity (Wildman–Crippen MR) is 68.0 cm³/mol. The topological polar surface area (TPSA) is 64.3 Å². The number of hydrogen-bond acceptors (Lipinski definition) is 4. The van der Waals surface area contributed by atoms with Crippen LogP contribution in [0.2, 0.25) is 0 Å². The molecule has 1 saturated carbocycles. The van der Waals surface area contributed by atoms with Crippen molar-refractivity contribution in [2.24, 2.45) is 5.92 Å². The zero-order valence-corrected chi connectivity index (χ0v) is 10.0. The quantitative estimate of drug-likeness (QED) is 0.619. The molecular formula is C13H18N2O2. The molecule has 2 rings (SSSR count). The fourth-order valence-corrected chi connectivity index (χ4v) is 1.91. The zero-order chi connectivity index (χ0) is 12.3. The molecule has 0 bridgehead atoms. The van der Waals surface area contributed by atoms with Crippen LogP contribution in [-0.2, 0) is 4.74 Å². The smallest absolute Gasteiger partial charge is 0.340 e. The van der Waals surface area contributed by atoms with E-state index in [1.54, 1.807) is 12.1 Å². The maximum Gasteiger partial charge on any atom is 0.340 e. The van der Waals surface area contributed by atoms with Crippen LogP contribution in [0.25, 0.3) is 0 Å². The second-order valence-electron chi connectivity index (χ2n) is 4.47. The fraction of sp³-hybridized carbons (Fsp3) is 0.462. The van der Waals surface area contributed by atoms with Crippen molar-refractivity contribution in [1.82, 2.24) is 0 Å². The number of carbonyl (C=O) groups is 1. The first kappa shape index (κ1) is 11.8. The van der Waals surface area contributed by atoms with Crippen molar-refractivity contribution in [2.45, 2.75) is 19.3 Å². The molecule has 4 heteroatoms. The minimum atomic E-state index is -0.394. The summed E-state index contributed by atoms with van der Waals surface area (Å²) in [6.45, 7) is 0.963. The molecule has 0 spiro atoms. The van der Waals surface area contributed by atoms with Crippen LogP contribution in [0.4, 0.5) is 11.4 Å². The lowest BCUT2D eigenvalue weighted by atomic mass is 9.85. The molecular weight excluding hydrogens is 216 g/mol. The van der Waals surface area contributed by atoms with Gasteiger partial charge < -0.3 is 15.8 Å². The molecule has 17 heavy (non-hydrogen) atoms. The van der Waals surface area contributed by atoms with Crippen molar-refractivity contribution in [3.8, 4) is 0 Å². The van der Waals surface area contributed by atoms with Crippen molar-refractivity contribution in [2.75, 3.05) is 24.7 Å². The van der Waals surface area contributed by atoms with Crippen LogP contribution in [0.3, 0.4) is 0 Å². The highest BCUT2D eigenvalue weighted by Gasteiger charge is 2.17. The molecule has 0 radical (unpaired) electrons.